The largest absolute Gasteiger partial charge is 0.456 e. The number of likely N-dealkylation sites (N-methyl/N-ethyl adjacent to an activating group) is 4. The van der Waals surface area contributed by atoms with Crippen LogP contribution in [0.4, 0.5) is 0 Å². The highest BCUT2D eigenvalue weighted by Crippen LogP contribution is 2.26. The molecular weight excluding hydrogens is 873 g/mol. The molecule has 0 bridgehead atoms. The van der Waals surface area contributed by atoms with Crippen LogP contribution in [0.3, 0.4) is 0 Å². The summed E-state index contributed by atoms with van der Waals surface area (Å²) in [5, 5.41) is 24.1. The summed E-state index contributed by atoms with van der Waals surface area (Å²) in [5.41, 5.74) is 1.41. The zero-order chi connectivity index (χ0) is 51.2. The van der Waals surface area contributed by atoms with Crippen molar-refractivity contribution in [2.24, 2.45) is 23.7 Å². The van der Waals surface area contributed by atoms with E-state index in [1.165, 1.54) is 61.6 Å². The quantitative estimate of drug-likeness (QED) is 0.207. The molecule has 0 radical (unpaired) electrons. The Kier molecular flexibility index (Phi) is 22.6. The number of aliphatic hydroxyl groups excluding tert-OH is 2. The number of aliphatic hydroxyl groups is 2. The van der Waals surface area contributed by atoms with E-state index >= 15 is 0 Å². The Bertz CT molecular complexity index is 1930. The predicted molar refractivity (Wildman–Crippen MR) is 257 cm³/mol. The molecule has 1 aliphatic rings. The molecule has 0 spiro atoms. The van der Waals surface area contributed by atoms with E-state index < -0.39 is 96.7 Å². The highest BCUT2D eigenvalue weighted by Gasteiger charge is 2.43. The second-order valence-electron chi connectivity index (χ2n) is 20.1. The number of ether oxygens (including phenoxy) is 4. The first kappa shape index (κ1) is 57.4. The minimum absolute atomic E-state index is 0.0135. The van der Waals surface area contributed by atoms with E-state index in [1.54, 1.807) is 36.4 Å². The summed E-state index contributed by atoms with van der Waals surface area (Å²) in [5.74, 6) is -4.96. The average Bonchev–Trinajstić information content (AvgIpc) is 3.28. The molecule has 2 unspecified atom stereocenters. The second kappa shape index (κ2) is 26.7. The van der Waals surface area contributed by atoms with Crippen LogP contribution < -0.4 is 0 Å². The molecule has 68 heavy (non-hydrogen) atoms. The standard InChI is InChI=1S/C52H80N4O12/c1-31(2)25-39-49(61)65-35(9)45(57)53(11)42(28-34(7)8)52(64)68-44(30-38-23-19-16-20-24-38)48(60)56(14)40(26-32(3)4)50(62)66-36(10)46(58)54(12)41(27-33(5)6)51(63)67-43(47(59)55(39)13)29-37-21-17-15-18-22-37/h15-24,31-36,39-44,47,52,59,64H,25-30H2,1-14H3/t35-,36-,39+,40+,41+,42+,43-,44-,47?,52?/m1/s1. The third-order valence-corrected chi connectivity index (χ3v) is 12.3. The second-order valence-corrected chi connectivity index (χ2v) is 20.1. The summed E-state index contributed by atoms with van der Waals surface area (Å²) in [6, 6.07) is 13.5. The molecule has 3 rings (SSSR count). The van der Waals surface area contributed by atoms with Crippen LogP contribution in [0.25, 0.3) is 0 Å². The summed E-state index contributed by atoms with van der Waals surface area (Å²) in [6.45, 7) is 17.9. The van der Waals surface area contributed by atoms with Gasteiger partial charge in [-0.15, -0.1) is 0 Å². The lowest BCUT2D eigenvalue weighted by molar-refractivity contribution is -0.195. The van der Waals surface area contributed by atoms with Gasteiger partial charge in [0.05, 0.1) is 6.04 Å². The number of nitrogens with zero attached hydrogens (tertiary/aromatic N) is 4. The Balaban J connectivity index is 2.24. The highest BCUT2D eigenvalue weighted by molar-refractivity contribution is 5.91. The number of carbonyl (C=O) groups is 6. The fraction of sp³-hybridized carbons (Fsp3) is 0.654. The van der Waals surface area contributed by atoms with Gasteiger partial charge in [0.25, 0.3) is 17.7 Å². The summed E-state index contributed by atoms with van der Waals surface area (Å²) >= 11 is 0. The molecule has 16 heteroatoms. The summed E-state index contributed by atoms with van der Waals surface area (Å²) in [4.78, 5) is 91.1. The molecule has 0 saturated carbocycles. The van der Waals surface area contributed by atoms with Crippen LogP contribution in [-0.4, -0.2) is 155 Å². The van der Waals surface area contributed by atoms with Crippen molar-refractivity contribution >= 4 is 35.6 Å². The van der Waals surface area contributed by atoms with Crippen LogP contribution in [0.1, 0.15) is 106 Å². The number of hydrogen-bond donors (Lipinski definition) is 2. The molecule has 0 aromatic heterocycles. The van der Waals surface area contributed by atoms with Crippen LogP contribution in [-0.2, 0) is 60.6 Å². The Labute approximate surface area is 404 Å². The summed E-state index contributed by atoms with van der Waals surface area (Å²) < 4.78 is 24.2. The van der Waals surface area contributed by atoms with E-state index in [0.29, 0.717) is 5.56 Å². The fourth-order valence-corrected chi connectivity index (χ4v) is 8.43. The number of benzene rings is 2. The number of amides is 3. The van der Waals surface area contributed by atoms with Crippen LogP contribution in [0.2, 0.25) is 0 Å². The number of cyclic esters (lactones) is 3. The van der Waals surface area contributed by atoms with E-state index in [-0.39, 0.29) is 62.2 Å². The van der Waals surface area contributed by atoms with Crippen molar-refractivity contribution in [3.63, 3.8) is 0 Å². The van der Waals surface area contributed by atoms with Crippen LogP contribution >= 0.6 is 0 Å². The highest BCUT2D eigenvalue weighted by atomic mass is 16.6. The maximum Gasteiger partial charge on any atom is 0.329 e. The summed E-state index contributed by atoms with van der Waals surface area (Å²) in [7, 11) is 5.82. The van der Waals surface area contributed by atoms with Crippen molar-refractivity contribution in [3.8, 4) is 0 Å². The minimum Gasteiger partial charge on any atom is -0.456 e. The lowest BCUT2D eigenvalue weighted by atomic mass is 9.99. The van der Waals surface area contributed by atoms with Gasteiger partial charge in [0, 0.05) is 34.0 Å². The van der Waals surface area contributed by atoms with Crippen molar-refractivity contribution in [3.05, 3.63) is 71.8 Å². The van der Waals surface area contributed by atoms with E-state index in [9.17, 15) is 39.0 Å². The van der Waals surface area contributed by atoms with Crippen molar-refractivity contribution in [1.82, 2.24) is 19.6 Å². The third-order valence-electron chi connectivity index (χ3n) is 12.3. The van der Waals surface area contributed by atoms with Crippen molar-refractivity contribution in [2.45, 2.75) is 169 Å². The lowest BCUT2D eigenvalue weighted by Gasteiger charge is -2.38. The minimum atomic E-state index is -1.73. The van der Waals surface area contributed by atoms with Crippen LogP contribution in [0.15, 0.2) is 60.7 Å². The monoisotopic (exact) mass is 953 g/mol. The van der Waals surface area contributed by atoms with Gasteiger partial charge in [-0.3, -0.25) is 24.1 Å². The molecule has 1 fully saturated rings. The summed E-state index contributed by atoms with van der Waals surface area (Å²) in [6.07, 6.45) is -8.03. The Hall–Kier alpha value is -4.90. The molecule has 10 atom stereocenters. The van der Waals surface area contributed by atoms with Gasteiger partial charge in [0.1, 0.15) is 36.6 Å². The zero-order valence-corrected chi connectivity index (χ0v) is 42.9. The number of rotatable bonds is 12. The Morgan fingerprint density at radius 1 is 0.500 bits per heavy atom. The molecule has 3 amide bonds. The van der Waals surface area contributed by atoms with Gasteiger partial charge in [0.2, 0.25) is 0 Å². The Morgan fingerprint density at radius 2 is 0.882 bits per heavy atom. The van der Waals surface area contributed by atoms with Gasteiger partial charge in [-0.1, -0.05) is 116 Å². The normalized spacial score (nSPS) is 27.7. The zero-order valence-electron chi connectivity index (χ0n) is 42.9. The molecule has 2 N–H and O–H groups in total. The fourth-order valence-electron chi connectivity index (χ4n) is 8.43. The lowest BCUT2D eigenvalue weighted by Crippen LogP contribution is -2.56. The topological polar surface area (TPSA) is 193 Å². The number of hydrogen-bond acceptors (Lipinski definition) is 13. The smallest absolute Gasteiger partial charge is 0.329 e. The molecule has 2 aromatic carbocycles. The van der Waals surface area contributed by atoms with Crippen LogP contribution in [0, 0.1) is 23.7 Å². The molecule has 380 valence electrons. The van der Waals surface area contributed by atoms with Crippen molar-refractivity contribution in [2.75, 3.05) is 28.2 Å². The molecule has 1 heterocycles. The third kappa shape index (κ3) is 16.7. The number of esters is 3. The average molecular weight is 953 g/mol. The van der Waals surface area contributed by atoms with Gasteiger partial charge < -0.3 is 43.9 Å². The van der Waals surface area contributed by atoms with E-state index in [4.69, 9.17) is 18.9 Å². The van der Waals surface area contributed by atoms with Crippen LogP contribution in [0.5, 0.6) is 0 Å². The number of carbonyl (C=O) groups excluding carboxylic acids is 6. The van der Waals surface area contributed by atoms with Gasteiger partial charge in [-0.25, -0.2) is 9.59 Å². The molecule has 1 saturated heterocycles. The van der Waals surface area contributed by atoms with Crippen molar-refractivity contribution < 1.29 is 57.9 Å². The van der Waals surface area contributed by atoms with Gasteiger partial charge in [-0.05, 0) is 81.4 Å². The van der Waals surface area contributed by atoms with Gasteiger partial charge in [-0.2, -0.15) is 0 Å². The molecule has 16 nitrogen and oxygen atoms in total. The molecule has 2 aromatic rings. The SMILES string of the molecule is CC(C)C[C@H]1C(=O)O[C@H](Cc2ccccc2)C(O)N(C)[C@@H](CC(C)C)C(=O)O[C@H](C)C(=O)N(C)[C@@H](CC(C)C)C(O)O[C@H](Cc2ccccc2)C(=O)N(C)[C@@H](CC(C)C)C(=O)O[C@H](C)C(=O)N1C. The molecular formula is C52H80N4O12. The van der Waals surface area contributed by atoms with Gasteiger partial charge in [0.15, 0.2) is 18.5 Å². The molecule has 0 aliphatic carbocycles. The first-order valence-electron chi connectivity index (χ1n) is 24.1. The van der Waals surface area contributed by atoms with Crippen molar-refractivity contribution in [1.29, 1.82) is 0 Å². The predicted octanol–water partition coefficient (Wildman–Crippen LogP) is 5.25. The van der Waals surface area contributed by atoms with Gasteiger partial charge >= 0.3 is 17.9 Å². The maximum atomic E-state index is 14.7. The first-order valence-corrected chi connectivity index (χ1v) is 24.1. The maximum absolute atomic E-state index is 14.7. The van der Waals surface area contributed by atoms with E-state index in [1.807, 2.05) is 79.7 Å². The molecule has 1 aliphatic heterocycles. The van der Waals surface area contributed by atoms with E-state index in [0.717, 1.165) is 5.56 Å². The van der Waals surface area contributed by atoms with E-state index in [2.05, 4.69) is 0 Å². The Morgan fingerprint density at radius 3 is 1.34 bits per heavy atom. The first-order chi connectivity index (χ1) is 31.8.